The average Bonchev–Trinajstić information content (AvgIpc) is 2.64. The van der Waals surface area contributed by atoms with E-state index < -0.39 is 36.0 Å². The molecule has 3 fully saturated rings. The van der Waals surface area contributed by atoms with Crippen LogP contribution in [-0.4, -0.2) is 29.9 Å². The van der Waals surface area contributed by atoms with Gasteiger partial charge in [0.15, 0.2) is 5.78 Å². The lowest BCUT2D eigenvalue weighted by Crippen LogP contribution is -2.35. The van der Waals surface area contributed by atoms with Gasteiger partial charge in [-0.3, -0.25) is 14.4 Å². The topological polar surface area (TPSA) is 69.7 Å². The molecule has 0 N–H and O–H groups in total. The van der Waals surface area contributed by atoms with Gasteiger partial charge in [-0.15, -0.1) is 0 Å². The normalized spacial score (nSPS) is 46.9. The number of hydrogen-bond donors (Lipinski definition) is 0. The van der Waals surface area contributed by atoms with Crippen LogP contribution in [0.25, 0.3) is 0 Å². The van der Waals surface area contributed by atoms with Crippen LogP contribution in [0.1, 0.15) is 6.42 Å². The first-order valence-electron chi connectivity index (χ1n) is 4.12. The number of esters is 2. The minimum atomic E-state index is -0.714. The minimum absolute atomic E-state index is 0.0853. The maximum Gasteiger partial charge on any atom is 0.320 e. The Hall–Kier alpha value is -1.23. The van der Waals surface area contributed by atoms with Crippen molar-refractivity contribution >= 4 is 17.7 Å². The van der Waals surface area contributed by atoms with E-state index in [-0.39, 0.29) is 12.2 Å². The highest BCUT2D eigenvalue weighted by atomic mass is 16.6. The first-order valence-corrected chi connectivity index (χ1v) is 4.12. The first-order chi connectivity index (χ1) is 6.18. The Morgan fingerprint density at radius 3 is 2.54 bits per heavy atom. The second-order valence-electron chi connectivity index (χ2n) is 3.56. The van der Waals surface area contributed by atoms with Crippen molar-refractivity contribution in [1.82, 2.24) is 0 Å². The molecule has 3 aliphatic rings. The van der Waals surface area contributed by atoms with Crippen LogP contribution in [0.4, 0.5) is 0 Å². The van der Waals surface area contributed by atoms with E-state index in [1.807, 2.05) is 0 Å². The number of ether oxygens (including phenoxy) is 2. The molecule has 68 valence electrons. The fourth-order valence-corrected chi connectivity index (χ4v) is 2.35. The lowest BCUT2D eigenvalue weighted by atomic mass is 9.80. The van der Waals surface area contributed by atoms with Gasteiger partial charge in [0.2, 0.25) is 0 Å². The largest absolute Gasteiger partial charge is 0.393 e. The highest BCUT2D eigenvalue weighted by Crippen LogP contribution is 2.45. The number of rotatable bonds is 0. The average molecular weight is 182 g/mol. The highest BCUT2D eigenvalue weighted by molar-refractivity contribution is 6.04. The lowest BCUT2D eigenvalue weighted by Gasteiger charge is -2.12. The lowest BCUT2D eigenvalue weighted by molar-refractivity contribution is -0.157. The van der Waals surface area contributed by atoms with Crippen LogP contribution in [-0.2, 0) is 23.9 Å². The number of carbonyl (C=O) groups is 3. The molecule has 0 aromatic heterocycles. The van der Waals surface area contributed by atoms with E-state index in [0.717, 1.165) is 0 Å². The van der Waals surface area contributed by atoms with Crippen molar-refractivity contribution in [2.75, 3.05) is 0 Å². The van der Waals surface area contributed by atoms with Crippen molar-refractivity contribution in [3.63, 3.8) is 0 Å². The summed E-state index contributed by atoms with van der Waals surface area (Å²) in [5.74, 6) is -2.39. The molecule has 3 heterocycles. The molecule has 0 radical (unpaired) electrons. The van der Waals surface area contributed by atoms with Crippen LogP contribution in [0.3, 0.4) is 0 Å². The second kappa shape index (κ2) is 1.98. The van der Waals surface area contributed by atoms with Crippen molar-refractivity contribution < 1.29 is 23.9 Å². The molecular weight excluding hydrogens is 176 g/mol. The molecule has 3 aliphatic heterocycles. The molecule has 0 spiro atoms. The van der Waals surface area contributed by atoms with E-state index >= 15 is 0 Å². The Labute approximate surface area is 73.0 Å². The van der Waals surface area contributed by atoms with E-state index in [0.29, 0.717) is 0 Å². The summed E-state index contributed by atoms with van der Waals surface area (Å²) in [5, 5.41) is 0. The molecule has 3 saturated heterocycles. The molecular formula is C8H6O5. The molecule has 5 nitrogen and oxygen atoms in total. The standard InChI is InChI=1S/C8H6O5/c9-2-1-3-4-5(6(2)12-3)8(11)13-7(4)10/h3-6H,1H2. The van der Waals surface area contributed by atoms with E-state index in [4.69, 9.17) is 4.74 Å². The SMILES string of the molecule is O=C1CC2OC1C1C(=O)OC(=O)C21. The summed E-state index contributed by atoms with van der Waals surface area (Å²) < 4.78 is 9.67. The molecule has 4 unspecified atom stereocenters. The molecule has 5 heteroatoms. The van der Waals surface area contributed by atoms with Gasteiger partial charge in [0.1, 0.15) is 17.9 Å². The smallest absolute Gasteiger partial charge is 0.320 e. The zero-order valence-corrected chi connectivity index (χ0v) is 6.56. The summed E-state index contributed by atoms with van der Waals surface area (Å²) in [6, 6.07) is 0. The number of cyclic esters (lactones) is 2. The third kappa shape index (κ3) is 0.685. The number of ketones is 1. The summed E-state index contributed by atoms with van der Waals surface area (Å²) in [5.41, 5.74) is 0. The first kappa shape index (κ1) is 7.20. The minimum Gasteiger partial charge on any atom is -0.393 e. The van der Waals surface area contributed by atoms with Gasteiger partial charge in [0, 0.05) is 6.42 Å². The van der Waals surface area contributed by atoms with Gasteiger partial charge in [-0.1, -0.05) is 0 Å². The van der Waals surface area contributed by atoms with Gasteiger partial charge < -0.3 is 9.47 Å². The summed E-state index contributed by atoms with van der Waals surface area (Å²) in [4.78, 5) is 33.4. The third-order valence-corrected chi connectivity index (χ3v) is 2.90. The summed E-state index contributed by atoms with van der Waals surface area (Å²) in [7, 11) is 0. The Morgan fingerprint density at radius 1 is 1.08 bits per heavy atom. The summed E-state index contributed by atoms with van der Waals surface area (Å²) in [6.45, 7) is 0. The van der Waals surface area contributed by atoms with Gasteiger partial charge in [-0.05, 0) is 0 Å². The summed E-state index contributed by atoms with van der Waals surface area (Å²) >= 11 is 0. The Kier molecular flexibility index (Phi) is 1.10. The second-order valence-corrected chi connectivity index (χ2v) is 3.56. The fraction of sp³-hybridized carbons (Fsp3) is 0.625. The maximum absolute atomic E-state index is 11.2. The quantitative estimate of drug-likeness (QED) is 0.356. The Morgan fingerprint density at radius 2 is 1.77 bits per heavy atom. The molecule has 4 atom stereocenters. The summed E-state index contributed by atoms with van der Waals surface area (Å²) in [6.07, 6.45) is -0.885. The Balaban J connectivity index is 2.05. The molecule has 0 aromatic rings. The van der Waals surface area contributed by atoms with Crippen LogP contribution >= 0.6 is 0 Å². The number of fused-ring (bicyclic) bond motifs is 5. The Bertz CT molecular complexity index is 333. The van der Waals surface area contributed by atoms with Gasteiger partial charge in [0.05, 0.1) is 6.10 Å². The predicted molar refractivity (Wildman–Crippen MR) is 36.4 cm³/mol. The van der Waals surface area contributed by atoms with Crippen LogP contribution < -0.4 is 0 Å². The van der Waals surface area contributed by atoms with Crippen LogP contribution in [0, 0.1) is 11.8 Å². The van der Waals surface area contributed by atoms with E-state index in [1.54, 1.807) is 0 Å². The maximum atomic E-state index is 11.2. The van der Waals surface area contributed by atoms with Crippen molar-refractivity contribution in [2.24, 2.45) is 11.8 Å². The molecule has 0 amide bonds. The van der Waals surface area contributed by atoms with Gasteiger partial charge >= 0.3 is 11.9 Å². The monoisotopic (exact) mass is 182 g/mol. The highest BCUT2D eigenvalue weighted by Gasteiger charge is 2.64. The zero-order chi connectivity index (χ0) is 9.16. The predicted octanol–water partition coefficient (Wildman–Crippen LogP) is -0.958. The van der Waals surface area contributed by atoms with E-state index in [9.17, 15) is 14.4 Å². The van der Waals surface area contributed by atoms with E-state index in [1.165, 1.54) is 0 Å². The van der Waals surface area contributed by atoms with Crippen LogP contribution in [0.15, 0.2) is 0 Å². The molecule has 0 aliphatic carbocycles. The van der Waals surface area contributed by atoms with Crippen molar-refractivity contribution in [3.05, 3.63) is 0 Å². The van der Waals surface area contributed by atoms with E-state index in [2.05, 4.69) is 4.74 Å². The zero-order valence-electron chi connectivity index (χ0n) is 6.56. The number of hydrogen-bond acceptors (Lipinski definition) is 5. The molecule has 3 rings (SSSR count). The van der Waals surface area contributed by atoms with Crippen molar-refractivity contribution in [3.8, 4) is 0 Å². The molecule has 13 heavy (non-hydrogen) atoms. The van der Waals surface area contributed by atoms with Crippen LogP contribution in [0.2, 0.25) is 0 Å². The van der Waals surface area contributed by atoms with Crippen molar-refractivity contribution in [2.45, 2.75) is 18.6 Å². The van der Waals surface area contributed by atoms with Gasteiger partial charge in [-0.25, -0.2) is 0 Å². The fourth-order valence-electron chi connectivity index (χ4n) is 2.35. The van der Waals surface area contributed by atoms with Gasteiger partial charge in [-0.2, -0.15) is 0 Å². The molecule has 2 bridgehead atoms. The third-order valence-electron chi connectivity index (χ3n) is 2.90. The van der Waals surface area contributed by atoms with Crippen molar-refractivity contribution in [1.29, 1.82) is 0 Å². The molecule has 0 saturated carbocycles. The number of carbonyl (C=O) groups excluding carboxylic acids is 3. The number of Topliss-reactive ketones (excluding diaryl/α,β-unsaturated/α-hetero) is 1. The van der Waals surface area contributed by atoms with Gasteiger partial charge in [0.25, 0.3) is 0 Å². The van der Waals surface area contributed by atoms with Crippen LogP contribution in [0.5, 0.6) is 0 Å². The molecule has 0 aromatic carbocycles.